The molecule has 7 nitrogen and oxygen atoms in total. The average molecular weight is 496 g/mol. The number of carbonyl (C=O) groups is 2. The molecule has 2 heterocycles. The van der Waals surface area contributed by atoms with E-state index < -0.39 is 5.97 Å². The van der Waals surface area contributed by atoms with E-state index in [0.29, 0.717) is 26.1 Å². The van der Waals surface area contributed by atoms with Crippen molar-refractivity contribution in [2.75, 3.05) is 20.8 Å². The maximum atomic E-state index is 13.5. The predicted octanol–water partition coefficient (Wildman–Crippen LogP) is 4.81. The third-order valence-electron chi connectivity index (χ3n) is 6.18. The minimum Gasteiger partial charge on any atom is -0.497 e. The van der Waals surface area contributed by atoms with E-state index in [9.17, 15) is 9.59 Å². The van der Waals surface area contributed by atoms with E-state index in [1.54, 1.807) is 49.8 Å². The Balaban J connectivity index is 1.55. The van der Waals surface area contributed by atoms with Gasteiger partial charge < -0.3 is 24.6 Å². The van der Waals surface area contributed by atoms with Gasteiger partial charge >= 0.3 is 5.97 Å². The number of fused-ring (bicyclic) bond motifs is 1. The number of hydrogen-bond acceptors (Lipinski definition) is 6. The summed E-state index contributed by atoms with van der Waals surface area (Å²) in [5.41, 5.74) is 3.96. The van der Waals surface area contributed by atoms with Crippen LogP contribution in [0.1, 0.15) is 60.1 Å². The summed E-state index contributed by atoms with van der Waals surface area (Å²) in [5, 5.41) is 12.2. The fourth-order valence-electron chi connectivity index (χ4n) is 4.26. The molecule has 0 bridgehead atoms. The number of rotatable bonds is 9. The van der Waals surface area contributed by atoms with Crippen LogP contribution < -0.4 is 14.8 Å². The molecule has 1 atom stereocenters. The van der Waals surface area contributed by atoms with Crippen molar-refractivity contribution < 1.29 is 28.9 Å². The van der Waals surface area contributed by atoms with Crippen molar-refractivity contribution in [2.24, 2.45) is 0 Å². The van der Waals surface area contributed by atoms with Crippen molar-refractivity contribution in [2.45, 2.75) is 38.8 Å². The molecule has 0 radical (unpaired) electrons. The molecule has 184 valence electrons. The van der Waals surface area contributed by atoms with E-state index in [-0.39, 0.29) is 17.5 Å². The second-order valence-electron chi connectivity index (χ2n) is 8.45. The minimum atomic E-state index is -0.973. The van der Waals surface area contributed by atoms with Gasteiger partial charge in [0.1, 0.15) is 11.5 Å². The zero-order valence-electron chi connectivity index (χ0n) is 20.1. The van der Waals surface area contributed by atoms with Gasteiger partial charge in [0.05, 0.1) is 44.6 Å². The van der Waals surface area contributed by atoms with Crippen LogP contribution in [0.15, 0.2) is 42.5 Å². The van der Waals surface area contributed by atoms with E-state index in [2.05, 4.69) is 5.32 Å². The number of carboxylic acid groups (broad SMARTS) is 1. The monoisotopic (exact) mass is 495 g/mol. The summed E-state index contributed by atoms with van der Waals surface area (Å²) in [6.07, 6.45) is 2.15. The van der Waals surface area contributed by atoms with Crippen molar-refractivity contribution in [1.29, 1.82) is 0 Å². The van der Waals surface area contributed by atoms with E-state index in [0.717, 1.165) is 49.9 Å². The highest BCUT2D eigenvalue weighted by atomic mass is 32.1. The van der Waals surface area contributed by atoms with E-state index in [4.69, 9.17) is 19.3 Å². The number of carboxylic acids is 1. The molecule has 0 aliphatic carbocycles. The zero-order chi connectivity index (χ0) is 24.9. The molecule has 2 aromatic carbocycles. The summed E-state index contributed by atoms with van der Waals surface area (Å²) < 4.78 is 16.4. The Kier molecular flexibility index (Phi) is 7.73. The Bertz CT molecular complexity index is 1190. The summed E-state index contributed by atoms with van der Waals surface area (Å²) >= 11 is 1.64. The number of benzene rings is 2. The van der Waals surface area contributed by atoms with Gasteiger partial charge in [0.2, 0.25) is 0 Å². The quantitative estimate of drug-likeness (QED) is 0.442. The Morgan fingerprint density at radius 3 is 2.40 bits per heavy atom. The normalized spacial score (nSPS) is 13.6. The van der Waals surface area contributed by atoms with Gasteiger partial charge in [0.15, 0.2) is 0 Å². The number of carbonyl (C=O) groups excluding carboxylic acids is 1. The van der Waals surface area contributed by atoms with Crippen LogP contribution in [0.4, 0.5) is 0 Å². The molecule has 1 amide bonds. The first-order chi connectivity index (χ1) is 16.9. The molecule has 1 aliphatic rings. The lowest BCUT2D eigenvalue weighted by atomic mass is 9.99. The lowest BCUT2D eigenvalue weighted by Gasteiger charge is -2.18. The first-order valence-corrected chi connectivity index (χ1v) is 12.3. The van der Waals surface area contributed by atoms with Crippen LogP contribution in [0.3, 0.4) is 0 Å². The smallest absolute Gasteiger partial charge is 0.335 e. The molecule has 4 rings (SSSR count). The zero-order valence-corrected chi connectivity index (χ0v) is 20.9. The molecule has 3 aromatic rings. The number of thiophene rings is 1. The van der Waals surface area contributed by atoms with Crippen LogP contribution in [0, 0.1) is 0 Å². The molecule has 2 N–H and O–H groups in total. The minimum absolute atomic E-state index is 0.113. The average Bonchev–Trinajstić information content (AvgIpc) is 3.25. The van der Waals surface area contributed by atoms with Crippen molar-refractivity contribution >= 4 is 23.2 Å². The fourth-order valence-corrected chi connectivity index (χ4v) is 5.55. The Labute approximate surface area is 208 Å². The Morgan fingerprint density at radius 1 is 1.09 bits per heavy atom. The van der Waals surface area contributed by atoms with Crippen LogP contribution in [-0.4, -0.2) is 37.8 Å². The van der Waals surface area contributed by atoms with Gasteiger partial charge in [-0.1, -0.05) is 12.1 Å². The number of nitrogens with one attached hydrogen (secondary N) is 1. The number of aryl methyl sites for hydroxylation is 2. The standard InChI is InChI=1S/C27H29NO6S/c1-16(18-5-7-19(8-6-18)27(30)31)28-26(29)25-22-10-11-34-15-24(22)35-23(25)9-4-17-12-20(32-2)14-21(13-17)33-3/h5-8,12-14,16H,4,9-11,15H2,1-3H3,(H,28,29)(H,30,31). The van der Waals surface area contributed by atoms with Gasteiger partial charge in [-0.2, -0.15) is 0 Å². The number of hydrogen-bond donors (Lipinski definition) is 2. The van der Waals surface area contributed by atoms with Crippen LogP contribution in [0.25, 0.3) is 0 Å². The molecule has 0 saturated carbocycles. The van der Waals surface area contributed by atoms with Gasteiger partial charge in [-0.25, -0.2) is 4.79 Å². The molecule has 1 aliphatic heterocycles. The van der Waals surface area contributed by atoms with Gasteiger partial charge in [0.25, 0.3) is 5.91 Å². The van der Waals surface area contributed by atoms with Crippen LogP contribution >= 0.6 is 11.3 Å². The number of ether oxygens (including phenoxy) is 3. The van der Waals surface area contributed by atoms with Crippen LogP contribution in [0.5, 0.6) is 11.5 Å². The fraction of sp³-hybridized carbons (Fsp3) is 0.333. The van der Waals surface area contributed by atoms with Crippen molar-refractivity contribution in [1.82, 2.24) is 5.32 Å². The lowest BCUT2D eigenvalue weighted by Crippen LogP contribution is -2.28. The highest BCUT2D eigenvalue weighted by Crippen LogP contribution is 2.34. The van der Waals surface area contributed by atoms with Crippen molar-refractivity contribution in [3.05, 3.63) is 80.0 Å². The summed E-state index contributed by atoms with van der Waals surface area (Å²) in [6.45, 7) is 3.03. The number of amides is 1. The third-order valence-corrected chi connectivity index (χ3v) is 7.44. The first-order valence-electron chi connectivity index (χ1n) is 11.5. The Hall–Kier alpha value is -3.36. The Morgan fingerprint density at radius 2 is 1.77 bits per heavy atom. The predicted molar refractivity (Wildman–Crippen MR) is 134 cm³/mol. The van der Waals surface area contributed by atoms with Crippen LogP contribution in [0.2, 0.25) is 0 Å². The summed E-state index contributed by atoms with van der Waals surface area (Å²) in [7, 11) is 3.26. The van der Waals surface area contributed by atoms with E-state index in [1.807, 2.05) is 25.1 Å². The molecule has 0 spiro atoms. The SMILES string of the molecule is COc1cc(CCc2sc3c(c2C(=O)NC(C)c2ccc(C(=O)O)cc2)CCOC3)cc(OC)c1. The third kappa shape index (κ3) is 5.66. The molecular formula is C27H29NO6S. The summed E-state index contributed by atoms with van der Waals surface area (Å²) in [4.78, 5) is 26.8. The second kappa shape index (κ2) is 10.9. The highest BCUT2D eigenvalue weighted by Gasteiger charge is 2.26. The highest BCUT2D eigenvalue weighted by molar-refractivity contribution is 7.12. The lowest BCUT2D eigenvalue weighted by molar-refractivity contribution is 0.0696. The molecule has 1 unspecified atom stereocenters. The largest absolute Gasteiger partial charge is 0.497 e. The number of methoxy groups -OCH3 is 2. The number of aromatic carboxylic acids is 1. The van der Waals surface area contributed by atoms with E-state index in [1.165, 1.54) is 0 Å². The van der Waals surface area contributed by atoms with Gasteiger partial charge in [-0.3, -0.25) is 4.79 Å². The topological polar surface area (TPSA) is 94.1 Å². The molecule has 0 saturated heterocycles. The van der Waals surface area contributed by atoms with Crippen LogP contribution in [-0.2, 0) is 30.6 Å². The van der Waals surface area contributed by atoms with Crippen molar-refractivity contribution in [3.63, 3.8) is 0 Å². The summed E-state index contributed by atoms with van der Waals surface area (Å²) in [6, 6.07) is 12.1. The van der Waals surface area contributed by atoms with Crippen molar-refractivity contribution in [3.8, 4) is 11.5 Å². The molecule has 8 heteroatoms. The summed E-state index contributed by atoms with van der Waals surface area (Å²) in [5.74, 6) is 0.383. The van der Waals surface area contributed by atoms with E-state index >= 15 is 0 Å². The van der Waals surface area contributed by atoms with Gasteiger partial charge in [-0.15, -0.1) is 11.3 Å². The maximum absolute atomic E-state index is 13.5. The van der Waals surface area contributed by atoms with Gasteiger partial charge in [0, 0.05) is 15.8 Å². The second-order valence-corrected chi connectivity index (χ2v) is 9.64. The maximum Gasteiger partial charge on any atom is 0.335 e. The van der Waals surface area contributed by atoms with Gasteiger partial charge in [-0.05, 0) is 67.1 Å². The molecule has 0 fully saturated rings. The molecular weight excluding hydrogens is 466 g/mol. The molecule has 35 heavy (non-hydrogen) atoms. The molecule has 1 aromatic heterocycles. The first kappa shape index (κ1) is 24.8.